The minimum atomic E-state index is -0.219. The predicted octanol–water partition coefficient (Wildman–Crippen LogP) is 4.26. The number of benzene rings is 1. The van der Waals surface area contributed by atoms with Gasteiger partial charge in [-0.3, -0.25) is 0 Å². The van der Waals surface area contributed by atoms with Crippen molar-refractivity contribution < 1.29 is 9.13 Å². The van der Waals surface area contributed by atoms with Gasteiger partial charge in [-0.2, -0.15) is 0 Å². The van der Waals surface area contributed by atoms with E-state index >= 15 is 0 Å². The zero-order valence-electron chi connectivity index (χ0n) is 13.4. The standard InChI is InChI=1S/C18H28FNO/c1-12(2)17-7-4-13(3)8-18(17)21-11-15-9-16(19)6-5-14(15)10-20/h5-6,9,12-13,17-18H,4,7-8,10-11,20H2,1-3H3. The van der Waals surface area contributed by atoms with E-state index in [9.17, 15) is 4.39 Å². The summed E-state index contributed by atoms with van der Waals surface area (Å²) in [4.78, 5) is 0. The third kappa shape index (κ3) is 4.27. The van der Waals surface area contributed by atoms with Crippen molar-refractivity contribution in [3.63, 3.8) is 0 Å². The predicted molar refractivity (Wildman–Crippen MR) is 84.2 cm³/mol. The summed E-state index contributed by atoms with van der Waals surface area (Å²) in [7, 11) is 0. The van der Waals surface area contributed by atoms with Crippen molar-refractivity contribution in [3.05, 3.63) is 35.1 Å². The molecule has 2 rings (SSSR count). The maximum Gasteiger partial charge on any atom is 0.123 e. The molecule has 1 aliphatic carbocycles. The van der Waals surface area contributed by atoms with Gasteiger partial charge in [0.1, 0.15) is 5.82 Å². The highest BCUT2D eigenvalue weighted by Crippen LogP contribution is 2.35. The Labute approximate surface area is 127 Å². The fraction of sp³-hybridized carbons (Fsp3) is 0.667. The Morgan fingerprint density at radius 2 is 2.05 bits per heavy atom. The Balaban J connectivity index is 2.04. The first-order chi connectivity index (χ1) is 10.0. The maximum absolute atomic E-state index is 13.4. The molecule has 3 unspecified atom stereocenters. The summed E-state index contributed by atoms with van der Waals surface area (Å²) >= 11 is 0. The second kappa shape index (κ2) is 7.37. The van der Waals surface area contributed by atoms with Crippen LogP contribution in [0.2, 0.25) is 0 Å². The second-order valence-corrected chi connectivity index (χ2v) is 6.79. The molecule has 0 amide bonds. The van der Waals surface area contributed by atoms with Crippen LogP contribution in [0.15, 0.2) is 18.2 Å². The normalized spacial score (nSPS) is 26.3. The van der Waals surface area contributed by atoms with Gasteiger partial charge in [0, 0.05) is 6.54 Å². The highest BCUT2D eigenvalue weighted by Gasteiger charge is 2.31. The lowest BCUT2D eigenvalue weighted by atomic mass is 9.75. The quantitative estimate of drug-likeness (QED) is 0.880. The molecular formula is C18H28FNO. The lowest BCUT2D eigenvalue weighted by Gasteiger charge is -2.37. The summed E-state index contributed by atoms with van der Waals surface area (Å²) in [5, 5.41) is 0. The number of hydrogen-bond donors (Lipinski definition) is 1. The average Bonchev–Trinajstić information content (AvgIpc) is 2.45. The number of hydrogen-bond acceptors (Lipinski definition) is 2. The number of rotatable bonds is 5. The molecule has 0 bridgehead atoms. The molecule has 0 spiro atoms. The minimum Gasteiger partial charge on any atom is -0.373 e. The van der Waals surface area contributed by atoms with Crippen LogP contribution < -0.4 is 5.73 Å². The lowest BCUT2D eigenvalue weighted by molar-refractivity contribution is -0.0475. The SMILES string of the molecule is CC1CCC(C(C)C)C(OCc2cc(F)ccc2CN)C1. The molecule has 118 valence electrons. The molecule has 21 heavy (non-hydrogen) atoms. The molecule has 1 fully saturated rings. The van der Waals surface area contributed by atoms with E-state index in [1.807, 2.05) is 0 Å². The van der Waals surface area contributed by atoms with Gasteiger partial charge in [0.05, 0.1) is 12.7 Å². The van der Waals surface area contributed by atoms with Crippen LogP contribution in [0.3, 0.4) is 0 Å². The van der Waals surface area contributed by atoms with Crippen LogP contribution in [0.4, 0.5) is 4.39 Å². The summed E-state index contributed by atoms with van der Waals surface area (Å²) in [5.41, 5.74) is 7.59. The Morgan fingerprint density at radius 3 is 2.71 bits per heavy atom. The van der Waals surface area contributed by atoms with Crippen molar-refractivity contribution in [3.8, 4) is 0 Å². The van der Waals surface area contributed by atoms with Crippen molar-refractivity contribution in [2.75, 3.05) is 0 Å². The van der Waals surface area contributed by atoms with Gasteiger partial charge < -0.3 is 10.5 Å². The Hall–Kier alpha value is -0.930. The van der Waals surface area contributed by atoms with Gasteiger partial charge in [-0.15, -0.1) is 0 Å². The molecule has 1 aliphatic rings. The van der Waals surface area contributed by atoms with Crippen molar-refractivity contribution in [1.82, 2.24) is 0 Å². The van der Waals surface area contributed by atoms with E-state index in [1.54, 1.807) is 12.1 Å². The Kier molecular flexibility index (Phi) is 5.77. The van der Waals surface area contributed by atoms with Gasteiger partial charge in [-0.05, 0) is 53.9 Å². The van der Waals surface area contributed by atoms with Crippen molar-refractivity contribution in [1.29, 1.82) is 0 Å². The Bertz CT molecular complexity index is 461. The second-order valence-electron chi connectivity index (χ2n) is 6.79. The van der Waals surface area contributed by atoms with Gasteiger partial charge >= 0.3 is 0 Å². The molecule has 0 aliphatic heterocycles. The van der Waals surface area contributed by atoms with E-state index in [1.165, 1.54) is 18.9 Å². The van der Waals surface area contributed by atoms with Gasteiger partial charge in [0.25, 0.3) is 0 Å². The van der Waals surface area contributed by atoms with Crippen LogP contribution in [0.1, 0.15) is 51.2 Å². The molecule has 0 heterocycles. The summed E-state index contributed by atoms with van der Waals surface area (Å²) < 4.78 is 19.6. The average molecular weight is 293 g/mol. The molecule has 2 N–H and O–H groups in total. The first kappa shape index (κ1) is 16.4. The van der Waals surface area contributed by atoms with Crippen LogP contribution in [-0.2, 0) is 17.9 Å². The zero-order chi connectivity index (χ0) is 15.4. The first-order valence-electron chi connectivity index (χ1n) is 8.10. The highest BCUT2D eigenvalue weighted by molar-refractivity contribution is 5.27. The van der Waals surface area contributed by atoms with Gasteiger partial charge in [0.15, 0.2) is 0 Å². The zero-order valence-corrected chi connectivity index (χ0v) is 13.4. The smallest absolute Gasteiger partial charge is 0.123 e. The summed E-state index contributed by atoms with van der Waals surface area (Å²) in [6.07, 6.45) is 3.91. The largest absolute Gasteiger partial charge is 0.373 e. The fourth-order valence-electron chi connectivity index (χ4n) is 3.43. The third-order valence-corrected chi connectivity index (χ3v) is 4.80. The molecule has 3 atom stereocenters. The number of nitrogens with two attached hydrogens (primary N) is 1. The summed E-state index contributed by atoms with van der Waals surface area (Å²) in [6.45, 7) is 7.72. The molecule has 0 radical (unpaired) electrons. The summed E-state index contributed by atoms with van der Waals surface area (Å²) in [5.74, 6) is 1.73. The molecule has 1 saturated carbocycles. The van der Waals surface area contributed by atoms with E-state index in [-0.39, 0.29) is 11.9 Å². The fourth-order valence-corrected chi connectivity index (χ4v) is 3.43. The molecule has 3 heteroatoms. The molecule has 0 saturated heterocycles. The van der Waals surface area contributed by atoms with E-state index < -0.39 is 0 Å². The first-order valence-corrected chi connectivity index (χ1v) is 8.10. The maximum atomic E-state index is 13.4. The van der Waals surface area contributed by atoms with Gasteiger partial charge in [0.2, 0.25) is 0 Å². The molecule has 0 aromatic heterocycles. The van der Waals surface area contributed by atoms with Crippen molar-refractivity contribution in [2.45, 2.75) is 59.3 Å². The number of ether oxygens (including phenoxy) is 1. The number of halogens is 1. The molecular weight excluding hydrogens is 265 g/mol. The van der Waals surface area contributed by atoms with Crippen LogP contribution in [-0.4, -0.2) is 6.10 Å². The van der Waals surface area contributed by atoms with E-state index in [4.69, 9.17) is 10.5 Å². The topological polar surface area (TPSA) is 35.2 Å². The van der Waals surface area contributed by atoms with E-state index in [2.05, 4.69) is 20.8 Å². The van der Waals surface area contributed by atoms with E-state index in [0.29, 0.717) is 30.9 Å². The molecule has 1 aromatic carbocycles. The third-order valence-electron chi connectivity index (χ3n) is 4.80. The summed E-state index contributed by atoms with van der Waals surface area (Å²) in [6, 6.07) is 4.78. The Morgan fingerprint density at radius 1 is 1.29 bits per heavy atom. The van der Waals surface area contributed by atoms with Crippen LogP contribution in [0, 0.1) is 23.6 Å². The van der Waals surface area contributed by atoms with Crippen molar-refractivity contribution >= 4 is 0 Å². The van der Waals surface area contributed by atoms with Crippen LogP contribution >= 0.6 is 0 Å². The highest BCUT2D eigenvalue weighted by atomic mass is 19.1. The molecule has 2 nitrogen and oxygen atoms in total. The van der Waals surface area contributed by atoms with E-state index in [0.717, 1.165) is 17.5 Å². The van der Waals surface area contributed by atoms with Crippen LogP contribution in [0.25, 0.3) is 0 Å². The monoisotopic (exact) mass is 293 g/mol. The van der Waals surface area contributed by atoms with Crippen molar-refractivity contribution in [2.24, 2.45) is 23.5 Å². The van der Waals surface area contributed by atoms with Gasteiger partial charge in [-0.25, -0.2) is 4.39 Å². The minimum absolute atomic E-state index is 0.219. The molecule has 1 aromatic rings. The lowest BCUT2D eigenvalue weighted by Crippen LogP contribution is -2.34. The van der Waals surface area contributed by atoms with Gasteiger partial charge in [-0.1, -0.05) is 33.3 Å². The van der Waals surface area contributed by atoms with Crippen LogP contribution in [0.5, 0.6) is 0 Å².